The highest BCUT2D eigenvalue weighted by Crippen LogP contribution is 2.25. The summed E-state index contributed by atoms with van der Waals surface area (Å²) < 4.78 is 41.7. The van der Waals surface area contributed by atoms with E-state index >= 15 is 0 Å². The van der Waals surface area contributed by atoms with E-state index in [1.54, 1.807) is 12.1 Å². The van der Waals surface area contributed by atoms with Gasteiger partial charge in [-0.25, -0.2) is 17.5 Å². The average molecular weight is 492 g/mol. The van der Waals surface area contributed by atoms with Gasteiger partial charge < -0.3 is 10.4 Å². The minimum Gasteiger partial charge on any atom is -0.391 e. The summed E-state index contributed by atoms with van der Waals surface area (Å²) in [5.74, 6) is -0.368. The van der Waals surface area contributed by atoms with E-state index in [2.05, 4.69) is 26.0 Å². The van der Waals surface area contributed by atoms with Crippen molar-refractivity contribution in [3.05, 3.63) is 57.3 Å². The van der Waals surface area contributed by atoms with E-state index in [9.17, 15) is 17.9 Å². The molecule has 2 unspecified atom stereocenters. The summed E-state index contributed by atoms with van der Waals surface area (Å²) in [4.78, 5) is 0.0896. The number of sulfonamides is 1. The molecule has 3 N–H and O–H groups in total. The number of anilines is 1. The van der Waals surface area contributed by atoms with E-state index < -0.39 is 22.2 Å². The van der Waals surface area contributed by atoms with Crippen molar-refractivity contribution >= 4 is 43.2 Å². The average Bonchev–Trinajstić information content (AvgIpc) is 2.65. The molecule has 3 rings (SSSR count). The fourth-order valence-electron chi connectivity index (χ4n) is 3.17. The van der Waals surface area contributed by atoms with Crippen LogP contribution in [0.3, 0.4) is 0 Å². The molecule has 1 aliphatic rings. The molecule has 28 heavy (non-hydrogen) atoms. The van der Waals surface area contributed by atoms with Gasteiger partial charge in [0.25, 0.3) is 0 Å². The molecule has 0 heterocycles. The molecule has 1 aliphatic carbocycles. The fraction of sp³-hybridized carbons (Fsp3) is 0.368. The molecule has 0 bridgehead atoms. The van der Waals surface area contributed by atoms with Gasteiger partial charge in [0, 0.05) is 23.3 Å². The van der Waals surface area contributed by atoms with Gasteiger partial charge in [0.05, 0.1) is 15.5 Å². The molecule has 1 saturated carbocycles. The van der Waals surface area contributed by atoms with Crippen LogP contribution in [-0.4, -0.2) is 25.7 Å². The Labute approximate surface area is 177 Å². The van der Waals surface area contributed by atoms with Crippen LogP contribution in [-0.2, 0) is 16.6 Å². The number of rotatable bonds is 6. The van der Waals surface area contributed by atoms with Crippen LogP contribution in [0, 0.1) is 5.82 Å². The Morgan fingerprint density at radius 1 is 1.18 bits per heavy atom. The monoisotopic (exact) mass is 490 g/mol. The summed E-state index contributed by atoms with van der Waals surface area (Å²) in [6, 6.07) is 8.51. The summed E-state index contributed by atoms with van der Waals surface area (Å²) in [6.07, 6.45) is 2.31. The Bertz CT molecular complexity index is 958. The van der Waals surface area contributed by atoms with Crippen LogP contribution in [0.5, 0.6) is 0 Å². The maximum absolute atomic E-state index is 13.3. The molecule has 5 nitrogen and oxygen atoms in total. The molecule has 2 atom stereocenters. The van der Waals surface area contributed by atoms with Gasteiger partial charge in [-0.1, -0.05) is 24.4 Å². The first-order chi connectivity index (χ1) is 13.3. The minimum atomic E-state index is -3.78. The van der Waals surface area contributed by atoms with Gasteiger partial charge >= 0.3 is 0 Å². The second-order valence-electron chi connectivity index (χ2n) is 6.82. The lowest BCUT2D eigenvalue weighted by Crippen LogP contribution is -2.44. The number of hydrogen-bond donors (Lipinski definition) is 3. The molecule has 0 radical (unpaired) electrons. The zero-order valence-corrected chi connectivity index (χ0v) is 18.1. The van der Waals surface area contributed by atoms with Gasteiger partial charge in [-0.15, -0.1) is 0 Å². The lowest BCUT2D eigenvalue weighted by molar-refractivity contribution is 0.101. The zero-order chi connectivity index (χ0) is 20.3. The SMILES string of the molecule is O=S(=O)(NC1CCCCC1O)c1ccc(Cl)c(CNc2ccc(F)c(Br)c2)c1. The lowest BCUT2D eigenvalue weighted by Gasteiger charge is -2.28. The maximum atomic E-state index is 13.3. The van der Waals surface area contributed by atoms with Crippen molar-refractivity contribution in [2.75, 3.05) is 5.32 Å². The second kappa shape index (κ2) is 9.09. The molecule has 0 aliphatic heterocycles. The molecular weight excluding hydrogens is 471 g/mol. The van der Waals surface area contributed by atoms with Crippen LogP contribution < -0.4 is 10.0 Å². The van der Waals surface area contributed by atoms with Crippen LogP contribution in [0.4, 0.5) is 10.1 Å². The molecule has 0 saturated heterocycles. The predicted octanol–water partition coefficient (Wildman–Crippen LogP) is 4.44. The van der Waals surface area contributed by atoms with Crippen LogP contribution >= 0.6 is 27.5 Å². The fourth-order valence-corrected chi connectivity index (χ4v) is 5.09. The van der Waals surface area contributed by atoms with Crippen LogP contribution in [0.25, 0.3) is 0 Å². The first kappa shape index (κ1) is 21.5. The van der Waals surface area contributed by atoms with Gasteiger partial charge in [0.2, 0.25) is 10.0 Å². The number of aliphatic hydroxyl groups is 1. The van der Waals surface area contributed by atoms with Gasteiger partial charge in [-0.2, -0.15) is 0 Å². The van der Waals surface area contributed by atoms with E-state index in [-0.39, 0.29) is 17.3 Å². The Kier molecular flexibility index (Phi) is 6.98. The van der Waals surface area contributed by atoms with Gasteiger partial charge in [0.1, 0.15) is 5.82 Å². The first-order valence-electron chi connectivity index (χ1n) is 8.94. The number of benzene rings is 2. The first-order valence-corrected chi connectivity index (χ1v) is 11.6. The summed E-state index contributed by atoms with van der Waals surface area (Å²) in [5.41, 5.74) is 1.26. The van der Waals surface area contributed by atoms with E-state index in [4.69, 9.17) is 11.6 Å². The van der Waals surface area contributed by atoms with Crippen molar-refractivity contribution in [3.63, 3.8) is 0 Å². The maximum Gasteiger partial charge on any atom is 0.240 e. The second-order valence-corrected chi connectivity index (χ2v) is 9.79. The molecule has 0 spiro atoms. The zero-order valence-electron chi connectivity index (χ0n) is 15.0. The minimum absolute atomic E-state index is 0.0896. The largest absolute Gasteiger partial charge is 0.391 e. The highest BCUT2D eigenvalue weighted by atomic mass is 79.9. The predicted molar refractivity (Wildman–Crippen MR) is 111 cm³/mol. The molecular formula is C19H21BrClFN2O3S. The van der Waals surface area contributed by atoms with Crippen molar-refractivity contribution in [1.29, 1.82) is 0 Å². The van der Waals surface area contributed by atoms with E-state index in [0.29, 0.717) is 33.6 Å². The van der Waals surface area contributed by atoms with E-state index in [1.165, 1.54) is 24.3 Å². The van der Waals surface area contributed by atoms with Gasteiger partial charge in [-0.05, 0) is 70.7 Å². The Morgan fingerprint density at radius 3 is 2.64 bits per heavy atom. The van der Waals surface area contributed by atoms with Gasteiger partial charge in [-0.3, -0.25) is 0 Å². The van der Waals surface area contributed by atoms with Crippen molar-refractivity contribution < 1.29 is 17.9 Å². The van der Waals surface area contributed by atoms with E-state index in [1.807, 2.05) is 0 Å². The highest BCUT2D eigenvalue weighted by molar-refractivity contribution is 9.10. The lowest BCUT2D eigenvalue weighted by atomic mass is 9.93. The number of aliphatic hydroxyl groups excluding tert-OH is 1. The Morgan fingerprint density at radius 2 is 1.93 bits per heavy atom. The Balaban J connectivity index is 1.75. The number of halogens is 3. The molecule has 0 amide bonds. The van der Waals surface area contributed by atoms with Crippen LogP contribution in [0.1, 0.15) is 31.2 Å². The summed E-state index contributed by atoms with van der Waals surface area (Å²) in [7, 11) is -3.78. The van der Waals surface area contributed by atoms with Crippen molar-refractivity contribution in [2.45, 2.75) is 49.3 Å². The third kappa shape index (κ3) is 5.24. The number of nitrogens with one attached hydrogen (secondary N) is 2. The van der Waals surface area contributed by atoms with Crippen molar-refractivity contribution in [3.8, 4) is 0 Å². The molecule has 2 aromatic carbocycles. The summed E-state index contributed by atoms with van der Waals surface area (Å²) >= 11 is 9.35. The third-order valence-corrected chi connectivity index (χ3v) is 7.23. The Hall–Kier alpha value is -1.19. The van der Waals surface area contributed by atoms with Gasteiger partial charge in [0.15, 0.2) is 0 Å². The molecule has 0 aromatic heterocycles. The molecule has 2 aromatic rings. The van der Waals surface area contributed by atoms with Crippen molar-refractivity contribution in [1.82, 2.24) is 4.72 Å². The topological polar surface area (TPSA) is 78.4 Å². The molecule has 152 valence electrons. The third-order valence-electron chi connectivity index (χ3n) is 4.77. The number of hydrogen-bond acceptors (Lipinski definition) is 4. The quantitative estimate of drug-likeness (QED) is 0.558. The van der Waals surface area contributed by atoms with E-state index in [0.717, 1.165) is 12.8 Å². The van der Waals surface area contributed by atoms with Crippen LogP contribution in [0.2, 0.25) is 5.02 Å². The molecule has 9 heteroatoms. The summed E-state index contributed by atoms with van der Waals surface area (Å²) in [6.45, 7) is 0.270. The van der Waals surface area contributed by atoms with Crippen molar-refractivity contribution in [2.24, 2.45) is 0 Å². The highest BCUT2D eigenvalue weighted by Gasteiger charge is 2.28. The van der Waals surface area contributed by atoms with Crippen LogP contribution in [0.15, 0.2) is 45.8 Å². The standard InChI is InChI=1S/C19H21BrClFN2O3S/c20-15-10-13(5-8-17(15)22)23-11-12-9-14(6-7-16(12)21)28(26,27)24-18-3-1-2-4-19(18)25/h5-10,18-19,23-25H,1-4,11H2. The molecule has 1 fully saturated rings. The summed E-state index contributed by atoms with van der Waals surface area (Å²) in [5, 5.41) is 13.6. The normalized spacial score (nSPS) is 20.1. The smallest absolute Gasteiger partial charge is 0.240 e.